The van der Waals surface area contributed by atoms with E-state index in [0.717, 1.165) is 60.7 Å². The third kappa shape index (κ3) is 7.88. The molecule has 4 heterocycles. The van der Waals surface area contributed by atoms with Gasteiger partial charge in [0.25, 0.3) is 0 Å². The second-order valence-electron chi connectivity index (χ2n) is 20.7. The van der Waals surface area contributed by atoms with E-state index < -0.39 is 14.9 Å². The Morgan fingerprint density at radius 1 is 0.615 bits per heavy atom. The summed E-state index contributed by atoms with van der Waals surface area (Å²) in [4.78, 5) is 9.00. The molecule has 0 fully saturated rings. The van der Waals surface area contributed by atoms with Crippen LogP contribution in [0.2, 0.25) is 0 Å². The second kappa shape index (κ2) is 19.5. The molecule has 0 N–H and O–H groups in total. The summed E-state index contributed by atoms with van der Waals surface area (Å²) >= 11 is 0. The van der Waals surface area contributed by atoms with Crippen LogP contribution in [0.1, 0.15) is 40.1 Å². The normalized spacial score (nSPS) is 14.6. The van der Waals surface area contributed by atoms with Crippen molar-refractivity contribution in [2.45, 2.75) is 33.0 Å². The van der Waals surface area contributed by atoms with Crippen molar-refractivity contribution >= 4 is 73.4 Å². The molecule has 14 rings (SSSR count). The van der Waals surface area contributed by atoms with E-state index >= 15 is 0 Å². The van der Waals surface area contributed by atoms with Crippen molar-refractivity contribution in [3.8, 4) is 50.7 Å². The van der Waals surface area contributed by atoms with Crippen LogP contribution in [-0.2, 0) is 26.5 Å². The Labute approximate surface area is 480 Å². The number of para-hydroxylation sites is 4. The Morgan fingerprint density at radius 2 is 1.26 bits per heavy atom. The van der Waals surface area contributed by atoms with Gasteiger partial charge in [-0.25, -0.2) is 4.98 Å². The summed E-state index contributed by atoms with van der Waals surface area (Å²) < 4.78 is 63.4. The summed E-state index contributed by atoms with van der Waals surface area (Å²) in [5, 5.41) is 6.71. The van der Waals surface area contributed by atoms with Crippen molar-refractivity contribution < 1.29 is 34.0 Å². The summed E-state index contributed by atoms with van der Waals surface area (Å²) in [7, 11) is -3.27. The van der Waals surface area contributed by atoms with Crippen LogP contribution in [0.3, 0.4) is 0 Å². The van der Waals surface area contributed by atoms with Crippen LogP contribution in [0.15, 0.2) is 243 Å². The first-order valence-corrected chi connectivity index (χ1v) is 28.0. The molecule has 0 radical (unpaired) electrons. The Bertz CT molecular complexity index is 4510. The number of aromatic nitrogens is 2. The first-order chi connectivity index (χ1) is 40.2. The first kappa shape index (κ1) is 42.6. The number of nitrogens with zero attached hydrogens (tertiary/aromatic N) is 4. The van der Waals surface area contributed by atoms with Crippen molar-refractivity contribution in [1.29, 1.82) is 0 Å². The molecule has 7 heteroatoms. The molecule has 0 spiro atoms. The summed E-state index contributed by atoms with van der Waals surface area (Å²) in [5.74, 6) is 1.36. The fourth-order valence-electron chi connectivity index (χ4n) is 11.8. The van der Waals surface area contributed by atoms with Gasteiger partial charge >= 0.3 is 0 Å². The zero-order valence-corrected chi connectivity index (χ0v) is 46.2. The average Bonchev–Trinajstić information content (AvgIpc) is 2.02. The Balaban J connectivity index is 0.00000658. The smallest absolute Gasteiger partial charge is 0.156 e. The quantitative estimate of drug-likeness (QED) is 0.107. The van der Waals surface area contributed by atoms with Crippen LogP contribution in [0, 0.1) is 25.7 Å². The number of anilines is 4. The summed E-state index contributed by atoms with van der Waals surface area (Å²) in [5.41, 5.74) is 10.1. The number of ether oxygens (including phenoxy) is 1. The van der Waals surface area contributed by atoms with Gasteiger partial charge in [0, 0.05) is 76.6 Å². The number of aryl methyl sites for hydroxylation is 1. The van der Waals surface area contributed by atoms with Crippen LogP contribution >= 0.6 is 0 Å². The van der Waals surface area contributed by atoms with Crippen molar-refractivity contribution in [2.75, 3.05) is 9.80 Å². The molecule has 380 valence electrons. The van der Waals surface area contributed by atoms with Gasteiger partial charge in [-0.2, -0.15) is 6.07 Å². The maximum atomic E-state index is 9.68. The minimum Gasteiger partial charge on any atom is -0.509 e. The van der Waals surface area contributed by atoms with Crippen LogP contribution in [0.5, 0.6) is 11.5 Å². The maximum absolute atomic E-state index is 9.68. The van der Waals surface area contributed by atoms with E-state index in [9.17, 15) is 4.11 Å². The van der Waals surface area contributed by atoms with Gasteiger partial charge in [-0.1, -0.05) is 231 Å². The predicted octanol–water partition coefficient (Wildman–Crippen LogP) is 15.3. The molecular formula is C71H53N4OPtSi-3. The number of fused-ring (bicyclic) bond motifs is 8. The molecule has 0 amide bonds. The van der Waals surface area contributed by atoms with Crippen LogP contribution < -0.4 is 35.3 Å². The molecule has 0 saturated carbocycles. The average molecular weight is 1210 g/mol. The summed E-state index contributed by atoms with van der Waals surface area (Å²) in [6.07, 6.45) is 1.57. The minimum absolute atomic E-state index is 0. The zero-order chi connectivity index (χ0) is 56.9. The van der Waals surface area contributed by atoms with E-state index in [-0.39, 0.29) is 50.2 Å². The number of hydrogen-bond donors (Lipinski definition) is 0. The Morgan fingerprint density at radius 3 is 2.00 bits per heavy atom. The second-order valence-corrected chi connectivity index (χ2v) is 24.4. The Kier molecular flexibility index (Phi) is 10.6. The third-order valence-electron chi connectivity index (χ3n) is 15.2. The number of pyridine rings is 1. The fraction of sp³-hybridized carbons (Fsp3) is 0.0704. The van der Waals surface area contributed by atoms with Crippen LogP contribution in [0.25, 0.3) is 61.0 Å². The molecule has 2 aromatic heterocycles. The van der Waals surface area contributed by atoms with Crippen molar-refractivity contribution in [3.05, 3.63) is 273 Å². The molecule has 0 aliphatic carbocycles. The Hall–Kier alpha value is -8.54. The molecule has 5 nitrogen and oxygen atoms in total. The van der Waals surface area contributed by atoms with E-state index in [1.165, 1.54) is 15.6 Å². The van der Waals surface area contributed by atoms with Gasteiger partial charge < -0.3 is 19.1 Å². The molecule has 0 unspecified atom stereocenters. The molecule has 0 bridgehead atoms. The van der Waals surface area contributed by atoms with E-state index in [2.05, 4.69) is 158 Å². The third-order valence-corrected chi connectivity index (χ3v) is 20.1. The molecule has 2 aliphatic rings. The van der Waals surface area contributed by atoms with Crippen LogP contribution in [-0.4, -0.2) is 17.6 Å². The summed E-state index contributed by atoms with van der Waals surface area (Å²) in [6.45, 7) is 6.11. The van der Waals surface area contributed by atoms with Crippen molar-refractivity contribution in [1.82, 2.24) is 9.55 Å². The van der Waals surface area contributed by atoms with Crippen molar-refractivity contribution in [2.24, 2.45) is 0 Å². The monoisotopic (exact) mass is 1210 g/mol. The number of rotatable bonds is 9. The standard InChI is InChI=1S/C71H53N4OSi.Pt/c1-48-41-42-72-66(43-48)75-60-37-16-14-33-58(60)67-63(75)46-64(68-59-34-15-19-40-65(59)77(70(67)68,54-29-10-6-11-30-54)55-31-12-7-13-32-55)76-53-28-21-27-52(45-53)73-47-74(62-39-18-17-38-61(62)73)69-56(49-23-8-5-9-24-49)35-22-36-57(69)50-25-20-26-51(44-50)71(2,3)4;/h5-44,47H,1-4H3;/q-3;/i1D3,22D,35D,36D;. The molecular weight excluding hydrogens is 1150 g/mol. The first-order valence-electron chi connectivity index (χ1n) is 29.0. The number of hydrogen-bond acceptors (Lipinski definition) is 4. The van der Waals surface area contributed by atoms with Gasteiger partial charge in [0.15, 0.2) is 8.07 Å². The molecule has 2 aliphatic heterocycles. The van der Waals surface area contributed by atoms with E-state index in [4.69, 9.17) is 13.8 Å². The minimum atomic E-state index is -3.27. The van der Waals surface area contributed by atoms with Gasteiger partial charge in [0.05, 0.1) is 4.11 Å². The largest absolute Gasteiger partial charge is 0.509 e. The molecule has 78 heavy (non-hydrogen) atoms. The zero-order valence-electron chi connectivity index (χ0n) is 49.0. The number of benzene rings is 10. The summed E-state index contributed by atoms with van der Waals surface area (Å²) in [6, 6.07) is 81.0. The van der Waals surface area contributed by atoms with Gasteiger partial charge in [0.2, 0.25) is 0 Å². The molecule has 12 aromatic rings. The maximum Gasteiger partial charge on any atom is 0.156 e. The topological polar surface area (TPSA) is 33.5 Å². The molecule has 0 atom stereocenters. The van der Waals surface area contributed by atoms with Gasteiger partial charge in [-0.15, -0.1) is 47.2 Å². The van der Waals surface area contributed by atoms with E-state index in [0.29, 0.717) is 45.3 Å². The molecule has 0 saturated heterocycles. The SMILES string of the molecule is [2H]c1c([2H])c(-c2ccccc2)c(N2[CH-]N(c3[c-]c(Oc4[c-]c5c(c6c4-c4ccccc4[Si]6(c4ccccc4)c4ccccc4)c4ccccc4n5-c4cc(C([2H])([2H])[2H])ccn4)ccc3)c3ccccc32)c(-c2cccc(C(C)(C)C)c2)c1[2H].[Pt]. The fourth-order valence-corrected chi connectivity index (χ4v) is 17.2. The van der Waals surface area contributed by atoms with E-state index in [1.807, 2.05) is 102 Å². The van der Waals surface area contributed by atoms with Crippen LogP contribution in [0.4, 0.5) is 22.7 Å². The van der Waals surface area contributed by atoms with Gasteiger partial charge in [0.1, 0.15) is 5.82 Å². The molecule has 10 aromatic carbocycles. The van der Waals surface area contributed by atoms with E-state index in [1.54, 1.807) is 18.3 Å². The van der Waals surface area contributed by atoms with Gasteiger partial charge in [-0.3, -0.25) is 0 Å². The predicted molar refractivity (Wildman–Crippen MR) is 321 cm³/mol. The van der Waals surface area contributed by atoms with Crippen molar-refractivity contribution in [3.63, 3.8) is 0 Å². The van der Waals surface area contributed by atoms with Gasteiger partial charge in [-0.05, 0) is 80.6 Å².